The van der Waals surface area contributed by atoms with Crippen molar-refractivity contribution in [3.63, 3.8) is 0 Å². The van der Waals surface area contributed by atoms with Gasteiger partial charge in [-0.3, -0.25) is 14.9 Å². The van der Waals surface area contributed by atoms with E-state index in [0.717, 1.165) is 31.9 Å². The van der Waals surface area contributed by atoms with Crippen molar-refractivity contribution in [3.8, 4) is 0 Å². The predicted molar refractivity (Wildman–Crippen MR) is 90.0 cm³/mol. The van der Waals surface area contributed by atoms with Gasteiger partial charge in [-0.2, -0.15) is 0 Å². The van der Waals surface area contributed by atoms with Gasteiger partial charge in [-0.15, -0.1) is 0 Å². The molecule has 0 spiro atoms. The molecule has 1 aliphatic rings. The van der Waals surface area contributed by atoms with Crippen LogP contribution in [0.5, 0.6) is 0 Å². The lowest BCUT2D eigenvalue weighted by Gasteiger charge is -2.32. The maximum absolute atomic E-state index is 5.88. The highest BCUT2D eigenvalue weighted by atomic mass is 16.5. The Kier molecular flexibility index (Phi) is 4.01. The molecule has 1 aromatic heterocycles. The molecule has 0 saturated carbocycles. The fourth-order valence-electron chi connectivity index (χ4n) is 3.17. The molecule has 0 amide bonds. The zero-order valence-electron chi connectivity index (χ0n) is 12.9. The van der Waals surface area contributed by atoms with Crippen LogP contribution in [0, 0.1) is 0 Å². The van der Waals surface area contributed by atoms with E-state index in [2.05, 4.69) is 57.3 Å². The van der Waals surface area contributed by atoms with Crippen LogP contribution >= 0.6 is 0 Å². The quantitative estimate of drug-likeness (QED) is 0.745. The molecule has 0 N–H and O–H groups in total. The van der Waals surface area contributed by atoms with Crippen LogP contribution in [0.4, 0.5) is 0 Å². The van der Waals surface area contributed by atoms with E-state index in [9.17, 15) is 0 Å². The molecule has 2 aromatic carbocycles. The second-order valence-corrected chi connectivity index (χ2v) is 5.86. The zero-order chi connectivity index (χ0) is 15.5. The Balaban J connectivity index is 1.54. The summed E-state index contributed by atoms with van der Waals surface area (Å²) in [6.45, 7) is 3.45. The lowest BCUT2D eigenvalue weighted by molar-refractivity contribution is -0.0350. The highest BCUT2D eigenvalue weighted by Gasteiger charge is 2.23. The first-order valence-corrected chi connectivity index (χ1v) is 7.97. The van der Waals surface area contributed by atoms with Gasteiger partial charge in [0, 0.05) is 32.0 Å². The average Bonchev–Trinajstić information content (AvgIpc) is 2.63. The van der Waals surface area contributed by atoms with Gasteiger partial charge in [0.1, 0.15) is 6.10 Å². The normalized spacial score (nSPS) is 19.0. The van der Waals surface area contributed by atoms with Gasteiger partial charge in [0.25, 0.3) is 0 Å². The van der Waals surface area contributed by atoms with E-state index in [4.69, 9.17) is 4.74 Å². The van der Waals surface area contributed by atoms with Gasteiger partial charge in [-0.25, -0.2) is 0 Å². The van der Waals surface area contributed by atoms with Crippen molar-refractivity contribution < 1.29 is 4.74 Å². The molecule has 0 aliphatic carbocycles. The molecule has 0 radical (unpaired) electrons. The molecule has 4 heteroatoms. The lowest BCUT2D eigenvalue weighted by Crippen LogP contribution is -2.38. The fraction of sp³-hybridized carbons (Fsp3) is 0.263. The molecule has 4 rings (SSSR count). The number of morpholine rings is 1. The molecular formula is C19H19N3O. The van der Waals surface area contributed by atoms with E-state index in [1.165, 1.54) is 16.3 Å². The third-order valence-corrected chi connectivity index (χ3v) is 4.34. The average molecular weight is 305 g/mol. The van der Waals surface area contributed by atoms with Crippen molar-refractivity contribution in [1.82, 2.24) is 14.9 Å². The van der Waals surface area contributed by atoms with Crippen molar-refractivity contribution in [2.75, 3.05) is 19.7 Å². The number of hydrogen-bond donors (Lipinski definition) is 0. The highest BCUT2D eigenvalue weighted by Crippen LogP contribution is 2.24. The maximum Gasteiger partial charge on any atom is 0.114 e. The summed E-state index contributed by atoms with van der Waals surface area (Å²) in [5.74, 6) is 0. The largest absolute Gasteiger partial charge is 0.369 e. The van der Waals surface area contributed by atoms with Crippen LogP contribution in [0.25, 0.3) is 10.8 Å². The first-order chi connectivity index (χ1) is 11.4. The molecule has 2 heterocycles. The van der Waals surface area contributed by atoms with E-state index < -0.39 is 0 Å². The molecule has 0 bridgehead atoms. The molecule has 1 aliphatic heterocycles. The number of benzene rings is 2. The van der Waals surface area contributed by atoms with Crippen molar-refractivity contribution in [2.45, 2.75) is 12.6 Å². The van der Waals surface area contributed by atoms with E-state index >= 15 is 0 Å². The van der Waals surface area contributed by atoms with Crippen LogP contribution in [0.3, 0.4) is 0 Å². The van der Waals surface area contributed by atoms with Crippen molar-refractivity contribution in [2.24, 2.45) is 0 Å². The first kappa shape index (κ1) is 14.3. The zero-order valence-corrected chi connectivity index (χ0v) is 12.9. The monoisotopic (exact) mass is 305 g/mol. The number of fused-ring (bicyclic) bond motifs is 1. The second-order valence-electron chi connectivity index (χ2n) is 5.86. The first-order valence-electron chi connectivity index (χ1n) is 7.97. The van der Waals surface area contributed by atoms with Crippen molar-refractivity contribution >= 4 is 10.8 Å². The van der Waals surface area contributed by atoms with Gasteiger partial charge in [0.15, 0.2) is 0 Å². The van der Waals surface area contributed by atoms with Crippen molar-refractivity contribution in [1.29, 1.82) is 0 Å². The third-order valence-electron chi connectivity index (χ3n) is 4.34. The van der Waals surface area contributed by atoms with Gasteiger partial charge in [-0.1, -0.05) is 42.5 Å². The van der Waals surface area contributed by atoms with Crippen LogP contribution in [0.15, 0.2) is 61.1 Å². The fourth-order valence-corrected chi connectivity index (χ4v) is 3.17. The van der Waals surface area contributed by atoms with E-state index in [-0.39, 0.29) is 6.10 Å². The summed E-state index contributed by atoms with van der Waals surface area (Å²) in [7, 11) is 0. The van der Waals surface area contributed by atoms with Crippen LogP contribution < -0.4 is 0 Å². The molecule has 1 saturated heterocycles. The SMILES string of the molecule is c1ccc2c(CN3CCO[C@H](c4cnccn4)C3)cccc2c1. The third kappa shape index (κ3) is 3.09. The molecule has 1 atom stereocenters. The van der Waals surface area contributed by atoms with Crippen molar-refractivity contribution in [3.05, 3.63) is 72.3 Å². The summed E-state index contributed by atoms with van der Waals surface area (Å²) in [6.07, 6.45) is 5.22. The predicted octanol–water partition coefficient (Wildman–Crippen LogP) is 3.20. The molecule has 3 aromatic rings. The van der Waals surface area contributed by atoms with E-state index in [1.807, 2.05) is 0 Å². The number of ether oxygens (including phenoxy) is 1. The standard InChI is InChI=1S/C19H19N3O/c1-2-7-17-15(4-1)5-3-6-16(17)13-22-10-11-23-19(14-22)18-12-20-8-9-21-18/h1-9,12,19H,10-11,13-14H2/t19-/m0/s1. The number of nitrogens with zero attached hydrogens (tertiary/aromatic N) is 3. The maximum atomic E-state index is 5.88. The number of hydrogen-bond acceptors (Lipinski definition) is 4. The number of aromatic nitrogens is 2. The summed E-state index contributed by atoms with van der Waals surface area (Å²) in [4.78, 5) is 11.0. The minimum Gasteiger partial charge on any atom is -0.369 e. The lowest BCUT2D eigenvalue weighted by atomic mass is 10.0. The molecule has 116 valence electrons. The Morgan fingerprint density at radius 1 is 1.09 bits per heavy atom. The van der Waals surface area contributed by atoms with Crippen LogP contribution in [0.1, 0.15) is 17.4 Å². The topological polar surface area (TPSA) is 38.2 Å². The van der Waals surface area contributed by atoms with E-state index in [1.54, 1.807) is 18.6 Å². The van der Waals surface area contributed by atoms with E-state index in [0.29, 0.717) is 0 Å². The Morgan fingerprint density at radius 2 is 2.00 bits per heavy atom. The van der Waals surface area contributed by atoms with Gasteiger partial charge < -0.3 is 4.74 Å². The minimum atomic E-state index is 0.00688. The Bertz CT molecular complexity index is 785. The number of rotatable bonds is 3. The highest BCUT2D eigenvalue weighted by molar-refractivity contribution is 5.85. The van der Waals surface area contributed by atoms with Crippen LogP contribution in [0.2, 0.25) is 0 Å². The Morgan fingerprint density at radius 3 is 2.91 bits per heavy atom. The van der Waals surface area contributed by atoms with Crippen LogP contribution in [-0.4, -0.2) is 34.6 Å². The molecule has 1 fully saturated rings. The minimum absolute atomic E-state index is 0.00688. The summed E-state index contributed by atoms with van der Waals surface area (Å²) in [5, 5.41) is 2.63. The second kappa shape index (κ2) is 6.44. The van der Waals surface area contributed by atoms with Gasteiger partial charge in [0.05, 0.1) is 18.5 Å². The van der Waals surface area contributed by atoms with Crippen LogP contribution in [-0.2, 0) is 11.3 Å². The summed E-state index contributed by atoms with van der Waals surface area (Å²) >= 11 is 0. The Labute approximate surface area is 135 Å². The molecule has 0 unspecified atom stereocenters. The Hall–Kier alpha value is -2.30. The summed E-state index contributed by atoms with van der Waals surface area (Å²) < 4.78 is 5.88. The molecular weight excluding hydrogens is 286 g/mol. The molecule has 4 nitrogen and oxygen atoms in total. The summed E-state index contributed by atoms with van der Waals surface area (Å²) in [5.41, 5.74) is 2.28. The smallest absolute Gasteiger partial charge is 0.114 e. The van der Waals surface area contributed by atoms with Gasteiger partial charge >= 0.3 is 0 Å². The summed E-state index contributed by atoms with van der Waals surface area (Å²) in [6, 6.07) is 15.1. The van der Waals surface area contributed by atoms with Gasteiger partial charge in [-0.05, 0) is 16.3 Å². The van der Waals surface area contributed by atoms with Gasteiger partial charge in [0.2, 0.25) is 0 Å². The molecule has 23 heavy (non-hydrogen) atoms.